The molecule has 3 rings (SSSR count). The van der Waals surface area contributed by atoms with Crippen LogP contribution in [0.15, 0.2) is 53.5 Å². The Morgan fingerprint density at radius 3 is 2.59 bits per heavy atom. The van der Waals surface area contributed by atoms with Crippen molar-refractivity contribution >= 4 is 33.4 Å². The molecule has 0 aliphatic heterocycles. The first-order chi connectivity index (χ1) is 13.1. The van der Waals surface area contributed by atoms with E-state index < -0.39 is 5.91 Å². The average molecular weight is 384 g/mol. The lowest BCUT2D eigenvalue weighted by Crippen LogP contribution is -2.24. The van der Waals surface area contributed by atoms with E-state index in [1.807, 2.05) is 55.5 Å². The highest BCUT2D eigenvalue weighted by Crippen LogP contribution is 2.17. The van der Waals surface area contributed by atoms with Gasteiger partial charge < -0.3 is 14.0 Å². The zero-order valence-corrected chi connectivity index (χ0v) is 16.0. The van der Waals surface area contributed by atoms with Crippen LogP contribution in [0.2, 0.25) is 0 Å². The normalized spacial score (nSPS) is 11.6. The van der Waals surface area contributed by atoms with Gasteiger partial charge >= 0.3 is 5.97 Å². The highest BCUT2D eigenvalue weighted by atomic mass is 32.1. The van der Waals surface area contributed by atoms with Crippen LogP contribution in [0, 0.1) is 6.92 Å². The van der Waals surface area contributed by atoms with Crippen molar-refractivity contribution in [3.05, 3.63) is 58.9 Å². The Morgan fingerprint density at radius 2 is 1.85 bits per heavy atom. The molecule has 1 heterocycles. The van der Waals surface area contributed by atoms with Gasteiger partial charge in [0.15, 0.2) is 11.4 Å². The second-order valence-corrected chi connectivity index (χ2v) is 6.86. The average Bonchev–Trinajstić information content (AvgIpc) is 2.98. The summed E-state index contributed by atoms with van der Waals surface area (Å²) in [5.41, 5.74) is 1.95. The van der Waals surface area contributed by atoms with Crippen LogP contribution in [0.1, 0.15) is 12.5 Å². The first-order valence-corrected chi connectivity index (χ1v) is 9.39. The molecule has 0 aliphatic rings. The summed E-state index contributed by atoms with van der Waals surface area (Å²) < 4.78 is 13.2. The summed E-state index contributed by atoms with van der Waals surface area (Å²) in [7, 11) is 0. The van der Waals surface area contributed by atoms with E-state index in [-0.39, 0.29) is 19.1 Å². The summed E-state index contributed by atoms with van der Waals surface area (Å²) >= 11 is 1.35. The predicted octanol–water partition coefficient (Wildman–Crippen LogP) is 3.08. The SMILES string of the molecule is CCOC(=O)Cn1c(=NC(=O)COc2ccc(C)cc2)sc2ccccc21. The van der Waals surface area contributed by atoms with Crippen LogP contribution in [0.4, 0.5) is 0 Å². The second-order valence-electron chi connectivity index (χ2n) is 5.85. The number of aryl methyl sites for hydroxylation is 1. The van der Waals surface area contributed by atoms with Gasteiger partial charge in [-0.1, -0.05) is 41.2 Å². The minimum atomic E-state index is -0.417. The lowest BCUT2D eigenvalue weighted by molar-refractivity contribution is -0.143. The van der Waals surface area contributed by atoms with Gasteiger partial charge in [0.2, 0.25) is 0 Å². The van der Waals surface area contributed by atoms with Crippen molar-refractivity contribution in [3.8, 4) is 5.75 Å². The molecule has 140 valence electrons. The number of rotatable bonds is 6. The molecule has 0 saturated heterocycles. The third-order valence-electron chi connectivity index (χ3n) is 3.78. The van der Waals surface area contributed by atoms with Crippen LogP contribution in [-0.4, -0.2) is 29.7 Å². The molecule has 0 fully saturated rings. The highest BCUT2D eigenvalue weighted by Gasteiger charge is 2.12. The number of benzene rings is 2. The third-order valence-corrected chi connectivity index (χ3v) is 4.84. The zero-order valence-electron chi connectivity index (χ0n) is 15.2. The highest BCUT2D eigenvalue weighted by molar-refractivity contribution is 7.16. The van der Waals surface area contributed by atoms with Gasteiger partial charge in [-0.25, -0.2) is 0 Å². The molecule has 0 saturated carbocycles. The number of hydrogen-bond donors (Lipinski definition) is 0. The van der Waals surface area contributed by atoms with Crippen LogP contribution in [0.3, 0.4) is 0 Å². The molecule has 0 bridgehead atoms. The van der Waals surface area contributed by atoms with Crippen molar-refractivity contribution in [1.29, 1.82) is 0 Å². The number of nitrogens with zero attached hydrogens (tertiary/aromatic N) is 2. The topological polar surface area (TPSA) is 69.9 Å². The Kier molecular flexibility index (Phi) is 6.03. The Balaban J connectivity index is 1.84. The molecular formula is C20H20N2O4S. The minimum Gasteiger partial charge on any atom is -0.484 e. The maximum Gasteiger partial charge on any atom is 0.326 e. The lowest BCUT2D eigenvalue weighted by atomic mass is 10.2. The maximum absolute atomic E-state index is 12.3. The van der Waals surface area contributed by atoms with E-state index in [4.69, 9.17) is 9.47 Å². The maximum atomic E-state index is 12.3. The van der Waals surface area contributed by atoms with Gasteiger partial charge in [-0.15, -0.1) is 0 Å². The number of carbonyl (C=O) groups is 2. The van der Waals surface area contributed by atoms with Crippen molar-refractivity contribution in [2.45, 2.75) is 20.4 Å². The van der Waals surface area contributed by atoms with E-state index in [1.165, 1.54) is 11.3 Å². The zero-order chi connectivity index (χ0) is 19.2. The largest absolute Gasteiger partial charge is 0.484 e. The Hall–Kier alpha value is -2.93. The fourth-order valence-corrected chi connectivity index (χ4v) is 3.56. The standard InChI is InChI=1S/C20H20N2O4S/c1-3-25-19(24)12-22-16-6-4-5-7-17(16)27-20(22)21-18(23)13-26-15-10-8-14(2)9-11-15/h4-11H,3,12-13H2,1-2H3. The van der Waals surface area contributed by atoms with Crippen molar-refractivity contribution in [2.24, 2.45) is 4.99 Å². The molecule has 0 radical (unpaired) electrons. The van der Waals surface area contributed by atoms with Crippen LogP contribution in [0.25, 0.3) is 10.2 Å². The summed E-state index contributed by atoms with van der Waals surface area (Å²) in [6.07, 6.45) is 0. The molecule has 0 N–H and O–H groups in total. The summed E-state index contributed by atoms with van der Waals surface area (Å²) in [6, 6.07) is 15.0. The van der Waals surface area contributed by atoms with Crippen LogP contribution in [0.5, 0.6) is 5.75 Å². The third kappa shape index (κ3) is 4.83. The number of para-hydroxylation sites is 1. The second kappa shape index (κ2) is 8.64. The summed E-state index contributed by atoms with van der Waals surface area (Å²) in [6.45, 7) is 3.87. The molecule has 0 spiro atoms. The van der Waals surface area contributed by atoms with Gasteiger partial charge in [0.25, 0.3) is 5.91 Å². The molecule has 3 aromatic rings. The van der Waals surface area contributed by atoms with Crippen LogP contribution < -0.4 is 9.54 Å². The molecule has 2 aromatic carbocycles. The Labute approximate surface area is 160 Å². The predicted molar refractivity (Wildman–Crippen MR) is 104 cm³/mol. The van der Waals surface area contributed by atoms with Crippen molar-refractivity contribution in [2.75, 3.05) is 13.2 Å². The van der Waals surface area contributed by atoms with E-state index in [0.29, 0.717) is 17.2 Å². The number of thiazole rings is 1. The monoisotopic (exact) mass is 384 g/mol. The van der Waals surface area contributed by atoms with Gasteiger partial charge in [0, 0.05) is 0 Å². The van der Waals surface area contributed by atoms with E-state index in [9.17, 15) is 9.59 Å². The van der Waals surface area contributed by atoms with Crippen LogP contribution >= 0.6 is 11.3 Å². The molecule has 27 heavy (non-hydrogen) atoms. The number of ether oxygens (including phenoxy) is 2. The van der Waals surface area contributed by atoms with Crippen molar-refractivity contribution in [3.63, 3.8) is 0 Å². The van der Waals surface area contributed by atoms with E-state index >= 15 is 0 Å². The van der Waals surface area contributed by atoms with Gasteiger partial charge in [-0.05, 0) is 38.1 Å². The number of carbonyl (C=O) groups excluding carboxylic acids is 2. The summed E-state index contributed by atoms with van der Waals surface area (Å²) in [5, 5.41) is 0. The lowest BCUT2D eigenvalue weighted by Gasteiger charge is -2.05. The van der Waals surface area contributed by atoms with Gasteiger partial charge in [0.1, 0.15) is 12.3 Å². The first-order valence-electron chi connectivity index (χ1n) is 8.58. The summed E-state index contributed by atoms with van der Waals surface area (Å²) in [5.74, 6) is -0.175. The number of amides is 1. The van der Waals surface area contributed by atoms with E-state index in [1.54, 1.807) is 11.5 Å². The Morgan fingerprint density at radius 1 is 1.11 bits per heavy atom. The first kappa shape index (κ1) is 18.8. The number of esters is 1. The molecule has 7 heteroatoms. The number of hydrogen-bond acceptors (Lipinski definition) is 5. The smallest absolute Gasteiger partial charge is 0.326 e. The number of fused-ring (bicyclic) bond motifs is 1. The van der Waals surface area contributed by atoms with E-state index in [0.717, 1.165) is 15.8 Å². The molecule has 0 aliphatic carbocycles. The minimum absolute atomic E-state index is 0.00276. The van der Waals surface area contributed by atoms with Gasteiger partial charge in [-0.2, -0.15) is 4.99 Å². The number of aromatic nitrogens is 1. The Bertz CT molecular complexity index is 1020. The molecule has 6 nitrogen and oxygen atoms in total. The summed E-state index contributed by atoms with van der Waals surface area (Å²) in [4.78, 5) is 28.8. The fraction of sp³-hybridized carbons (Fsp3) is 0.250. The van der Waals surface area contributed by atoms with Crippen LogP contribution in [-0.2, 0) is 20.9 Å². The van der Waals surface area contributed by atoms with Crippen molar-refractivity contribution < 1.29 is 19.1 Å². The molecule has 0 atom stereocenters. The van der Waals surface area contributed by atoms with Crippen molar-refractivity contribution in [1.82, 2.24) is 4.57 Å². The van der Waals surface area contributed by atoms with Gasteiger partial charge in [-0.3, -0.25) is 9.59 Å². The quantitative estimate of drug-likeness (QED) is 0.613. The van der Waals surface area contributed by atoms with Gasteiger partial charge in [0.05, 0.1) is 16.8 Å². The fourth-order valence-electron chi connectivity index (χ4n) is 2.51. The van der Waals surface area contributed by atoms with E-state index in [2.05, 4.69) is 4.99 Å². The molecule has 0 unspecified atom stereocenters. The molecule has 1 amide bonds. The molecule has 1 aromatic heterocycles. The molecular weight excluding hydrogens is 364 g/mol.